The Morgan fingerprint density at radius 3 is 2.75 bits per heavy atom. The van der Waals surface area contributed by atoms with Crippen molar-refractivity contribution in [3.05, 3.63) is 30.4 Å². The second-order valence-corrected chi connectivity index (χ2v) is 12.3. The van der Waals surface area contributed by atoms with Gasteiger partial charge in [-0.05, 0) is 117 Å². The first-order valence-corrected chi connectivity index (χ1v) is 13.6. The third-order valence-electron chi connectivity index (χ3n) is 11.1. The van der Waals surface area contributed by atoms with E-state index < -0.39 is 0 Å². The molecule has 4 aliphatic carbocycles. The molecule has 2 heterocycles. The largest absolute Gasteiger partial charge is 0.241 e. The Hall–Kier alpha value is -1.51. The summed E-state index contributed by atoms with van der Waals surface area (Å²) in [5.41, 5.74) is 2.10. The summed E-state index contributed by atoms with van der Waals surface area (Å²) in [6.07, 6.45) is 22.4. The maximum atomic E-state index is 4.72. The maximum Gasteiger partial charge on any atom is 0.162 e. The van der Waals surface area contributed by atoms with Gasteiger partial charge in [0.05, 0.1) is 0 Å². The Labute approximate surface area is 194 Å². The van der Waals surface area contributed by atoms with Gasteiger partial charge in [-0.3, -0.25) is 0 Å². The Kier molecular flexibility index (Phi) is 5.30. The summed E-state index contributed by atoms with van der Waals surface area (Å²) in [6.45, 7) is 5.40. The third-order valence-corrected chi connectivity index (χ3v) is 11.1. The lowest BCUT2D eigenvalue weighted by Gasteiger charge is -2.60. The van der Waals surface area contributed by atoms with Crippen molar-refractivity contribution in [1.82, 2.24) is 15.0 Å². The van der Waals surface area contributed by atoms with Crippen molar-refractivity contribution in [1.29, 1.82) is 0 Å². The number of rotatable bonds is 4. The summed E-state index contributed by atoms with van der Waals surface area (Å²) in [4.78, 5) is 13.7. The number of hydrogen-bond donors (Lipinski definition) is 0. The van der Waals surface area contributed by atoms with Crippen molar-refractivity contribution in [2.75, 3.05) is 0 Å². The van der Waals surface area contributed by atoms with E-state index in [0.717, 1.165) is 52.9 Å². The quantitative estimate of drug-likeness (QED) is 0.506. The molecule has 0 radical (unpaired) electrons. The number of aryl methyl sites for hydroxylation is 1. The van der Waals surface area contributed by atoms with E-state index in [4.69, 9.17) is 4.98 Å². The van der Waals surface area contributed by atoms with Crippen LogP contribution in [0.3, 0.4) is 0 Å². The molecule has 2 aromatic rings. The van der Waals surface area contributed by atoms with Crippen molar-refractivity contribution >= 4 is 11.0 Å². The van der Waals surface area contributed by atoms with Crippen molar-refractivity contribution in [3.8, 4) is 0 Å². The van der Waals surface area contributed by atoms with Gasteiger partial charge in [0.15, 0.2) is 5.65 Å². The fourth-order valence-electron chi connectivity index (χ4n) is 9.40. The SMILES string of the molecule is CC12CCCCC1CCC1C2CCC2(C)C(CCCc3ncc4cccnc4n3)CCC12. The van der Waals surface area contributed by atoms with E-state index >= 15 is 0 Å². The minimum Gasteiger partial charge on any atom is -0.241 e. The van der Waals surface area contributed by atoms with E-state index in [0.29, 0.717) is 10.8 Å². The molecule has 4 saturated carbocycles. The van der Waals surface area contributed by atoms with Crippen molar-refractivity contribution in [2.24, 2.45) is 40.4 Å². The third kappa shape index (κ3) is 3.32. The number of aromatic nitrogens is 3. The highest BCUT2D eigenvalue weighted by Crippen LogP contribution is 2.67. The van der Waals surface area contributed by atoms with Gasteiger partial charge >= 0.3 is 0 Å². The molecule has 4 fully saturated rings. The Bertz CT molecular complexity index is 972. The molecule has 6 rings (SSSR count). The minimum atomic E-state index is 0.588. The van der Waals surface area contributed by atoms with Gasteiger partial charge in [-0.25, -0.2) is 15.0 Å². The molecule has 3 heteroatoms. The van der Waals surface area contributed by atoms with Crippen molar-refractivity contribution in [3.63, 3.8) is 0 Å². The van der Waals surface area contributed by atoms with Gasteiger partial charge in [0.2, 0.25) is 0 Å². The smallest absolute Gasteiger partial charge is 0.162 e. The summed E-state index contributed by atoms with van der Waals surface area (Å²) in [5.74, 6) is 5.96. The molecule has 0 bridgehead atoms. The van der Waals surface area contributed by atoms with Crippen LogP contribution in [0, 0.1) is 40.4 Å². The highest BCUT2D eigenvalue weighted by molar-refractivity contribution is 5.72. The summed E-state index contributed by atoms with van der Waals surface area (Å²) in [7, 11) is 0. The van der Waals surface area contributed by atoms with E-state index in [1.165, 1.54) is 77.0 Å². The zero-order valence-electron chi connectivity index (χ0n) is 20.2. The predicted octanol–water partition coefficient (Wildman–Crippen LogP) is 7.40. The van der Waals surface area contributed by atoms with Gasteiger partial charge in [0.25, 0.3) is 0 Å². The van der Waals surface area contributed by atoms with E-state index in [1.54, 1.807) is 0 Å². The molecule has 32 heavy (non-hydrogen) atoms. The molecular formula is C29H41N3. The average Bonchev–Trinajstić information content (AvgIpc) is 3.15. The van der Waals surface area contributed by atoms with Crippen LogP contribution in [-0.4, -0.2) is 15.0 Å². The molecule has 0 aliphatic heterocycles. The van der Waals surface area contributed by atoms with E-state index in [9.17, 15) is 0 Å². The van der Waals surface area contributed by atoms with Crippen LogP contribution in [0.5, 0.6) is 0 Å². The Balaban J connectivity index is 1.12. The summed E-state index contributed by atoms with van der Waals surface area (Å²) in [6, 6.07) is 4.00. The molecule has 0 saturated heterocycles. The predicted molar refractivity (Wildman–Crippen MR) is 130 cm³/mol. The molecule has 2 aromatic heterocycles. The molecule has 7 atom stereocenters. The highest BCUT2D eigenvalue weighted by atomic mass is 14.9. The molecule has 4 aliphatic rings. The fourth-order valence-corrected chi connectivity index (χ4v) is 9.40. The van der Waals surface area contributed by atoms with Gasteiger partial charge < -0.3 is 0 Å². The maximum absolute atomic E-state index is 4.72. The fraction of sp³-hybridized carbons (Fsp3) is 0.759. The monoisotopic (exact) mass is 431 g/mol. The number of nitrogens with zero attached hydrogens (tertiary/aromatic N) is 3. The van der Waals surface area contributed by atoms with Crippen molar-refractivity contribution < 1.29 is 0 Å². The lowest BCUT2D eigenvalue weighted by atomic mass is 9.45. The van der Waals surface area contributed by atoms with Gasteiger partial charge in [-0.2, -0.15) is 0 Å². The number of hydrogen-bond acceptors (Lipinski definition) is 3. The van der Waals surface area contributed by atoms with Gasteiger partial charge in [0.1, 0.15) is 5.82 Å². The lowest BCUT2D eigenvalue weighted by molar-refractivity contribution is -0.111. The molecular weight excluding hydrogens is 390 g/mol. The van der Waals surface area contributed by atoms with Crippen LogP contribution in [0.4, 0.5) is 0 Å². The average molecular weight is 432 g/mol. The Morgan fingerprint density at radius 2 is 1.81 bits per heavy atom. The van der Waals surface area contributed by atoms with Gasteiger partial charge in [-0.1, -0.05) is 26.7 Å². The van der Waals surface area contributed by atoms with Gasteiger partial charge in [-0.15, -0.1) is 0 Å². The van der Waals surface area contributed by atoms with Crippen LogP contribution < -0.4 is 0 Å². The van der Waals surface area contributed by atoms with Crippen LogP contribution >= 0.6 is 0 Å². The molecule has 0 spiro atoms. The second kappa shape index (κ2) is 8.06. The second-order valence-electron chi connectivity index (χ2n) is 12.3. The van der Waals surface area contributed by atoms with Crippen LogP contribution in [0.15, 0.2) is 24.5 Å². The molecule has 172 valence electrons. The Morgan fingerprint density at radius 1 is 0.906 bits per heavy atom. The number of fused-ring (bicyclic) bond motifs is 6. The topological polar surface area (TPSA) is 38.7 Å². The van der Waals surface area contributed by atoms with Crippen LogP contribution in [-0.2, 0) is 6.42 Å². The number of pyridine rings is 1. The molecule has 3 nitrogen and oxygen atoms in total. The highest BCUT2D eigenvalue weighted by Gasteiger charge is 2.59. The first-order valence-electron chi connectivity index (χ1n) is 13.6. The van der Waals surface area contributed by atoms with E-state index in [2.05, 4.69) is 23.8 Å². The molecule has 0 aromatic carbocycles. The normalized spacial score (nSPS) is 41.1. The van der Waals surface area contributed by atoms with Crippen LogP contribution in [0.25, 0.3) is 11.0 Å². The standard InChI is InChI=1S/C29H41N3/c1-28-16-4-3-8-21(28)11-13-23-24-14-12-22(29(24,2)17-15-25(23)28)9-5-10-26-31-19-20-7-6-18-30-27(20)32-26/h6-7,18-19,21-25H,3-5,8-17H2,1-2H3. The lowest BCUT2D eigenvalue weighted by Crippen LogP contribution is -2.52. The summed E-state index contributed by atoms with van der Waals surface area (Å²) >= 11 is 0. The zero-order valence-corrected chi connectivity index (χ0v) is 20.2. The van der Waals surface area contributed by atoms with E-state index in [-0.39, 0.29) is 0 Å². The molecule has 0 N–H and O–H groups in total. The minimum absolute atomic E-state index is 0.588. The van der Waals surface area contributed by atoms with E-state index in [1.807, 2.05) is 24.5 Å². The van der Waals surface area contributed by atoms with Gasteiger partial charge in [0, 0.05) is 24.2 Å². The summed E-state index contributed by atoms with van der Waals surface area (Å²) in [5, 5.41) is 1.04. The van der Waals surface area contributed by atoms with Crippen LogP contribution in [0.2, 0.25) is 0 Å². The first-order chi connectivity index (χ1) is 15.6. The molecule has 7 unspecified atom stereocenters. The van der Waals surface area contributed by atoms with Crippen LogP contribution in [0.1, 0.15) is 96.7 Å². The zero-order chi connectivity index (χ0) is 21.8. The van der Waals surface area contributed by atoms with Crippen molar-refractivity contribution in [2.45, 2.75) is 97.3 Å². The first kappa shape index (κ1) is 21.1. The summed E-state index contributed by atoms with van der Waals surface area (Å²) < 4.78 is 0. The molecule has 0 amide bonds.